The number of rotatable bonds is 6. The lowest BCUT2D eigenvalue weighted by atomic mass is 10.2. The molecule has 2 aromatic carbocycles. The second-order valence-electron chi connectivity index (χ2n) is 7.04. The number of fused-ring (bicyclic) bond motifs is 1. The van der Waals surface area contributed by atoms with Crippen molar-refractivity contribution in [2.45, 2.75) is 13.2 Å². The minimum atomic E-state index is -0.544. The van der Waals surface area contributed by atoms with Crippen LogP contribution in [0.5, 0.6) is 11.5 Å². The van der Waals surface area contributed by atoms with Crippen molar-refractivity contribution in [1.82, 2.24) is 14.9 Å². The van der Waals surface area contributed by atoms with Gasteiger partial charge in [0.05, 0.1) is 43.2 Å². The Balaban J connectivity index is 1.64. The Morgan fingerprint density at radius 2 is 2.00 bits per heavy atom. The van der Waals surface area contributed by atoms with E-state index in [1.807, 2.05) is 13.0 Å². The van der Waals surface area contributed by atoms with Gasteiger partial charge in [0.15, 0.2) is 11.5 Å². The van der Waals surface area contributed by atoms with Gasteiger partial charge >= 0.3 is 0 Å². The summed E-state index contributed by atoms with van der Waals surface area (Å²) in [5.41, 5.74) is 1.07. The molecule has 8 nitrogen and oxygen atoms in total. The van der Waals surface area contributed by atoms with Crippen LogP contribution in [0.1, 0.15) is 12.5 Å². The number of nitrogens with one attached hydrogen (secondary N) is 1. The number of anilines is 2. The number of aromatic nitrogens is 2. The predicted molar refractivity (Wildman–Crippen MR) is 113 cm³/mol. The summed E-state index contributed by atoms with van der Waals surface area (Å²) in [5, 5.41) is 12.5. The molecule has 9 heteroatoms. The summed E-state index contributed by atoms with van der Waals surface area (Å²) in [7, 11) is 1.56. The molecule has 1 aliphatic heterocycles. The van der Waals surface area contributed by atoms with Crippen LogP contribution < -0.4 is 14.8 Å². The SMILES string of the molecule is COc1cc2c(Nc3ccc(C#N)cc3F)ncnc2cc1OC(C)N1CCOCC1. The number of hydrogen-bond donors (Lipinski definition) is 1. The van der Waals surface area contributed by atoms with E-state index in [0.29, 0.717) is 41.4 Å². The fourth-order valence-corrected chi connectivity index (χ4v) is 3.43. The molecule has 1 unspecified atom stereocenters. The van der Waals surface area contributed by atoms with E-state index in [2.05, 4.69) is 20.2 Å². The number of morpholine rings is 1. The van der Waals surface area contributed by atoms with Gasteiger partial charge in [-0.2, -0.15) is 5.26 Å². The number of halogens is 1. The number of nitrogens with zero attached hydrogens (tertiary/aromatic N) is 4. The molecule has 1 N–H and O–H groups in total. The van der Waals surface area contributed by atoms with Crippen LogP contribution in [0.2, 0.25) is 0 Å². The summed E-state index contributed by atoms with van der Waals surface area (Å²) in [4.78, 5) is 10.8. The van der Waals surface area contributed by atoms with E-state index in [0.717, 1.165) is 13.1 Å². The zero-order valence-electron chi connectivity index (χ0n) is 17.3. The van der Waals surface area contributed by atoms with Crippen molar-refractivity contribution in [3.63, 3.8) is 0 Å². The average molecular weight is 423 g/mol. The van der Waals surface area contributed by atoms with E-state index >= 15 is 0 Å². The first kappa shape index (κ1) is 20.8. The normalized spacial score (nSPS) is 15.3. The first-order chi connectivity index (χ1) is 15.1. The monoisotopic (exact) mass is 423 g/mol. The highest BCUT2D eigenvalue weighted by Gasteiger charge is 2.21. The van der Waals surface area contributed by atoms with Crippen molar-refractivity contribution in [2.24, 2.45) is 0 Å². The molecule has 1 fully saturated rings. The highest BCUT2D eigenvalue weighted by Crippen LogP contribution is 2.35. The van der Waals surface area contributed by atoms with Crippen molar-refractivity contribution in [1.29, 1.82) is 5.26 Å². The molecule has 0 spiro atoms. The van der Waals surface area contributed by atoms with Crippen molar-refractivity contribution in [2.75, 3.05) is 38.7 Å². The van der Waals surface area contributed by atoms with Crippen LogP contribution in [0.25, 0.3) is 10.9 Å². The lowest BCUT2D eigenvalue weighted by Gasteiger charge is -2.32. The van der Waals surface area contributed by atoms with Crippen LogP contribution in [0.4, 0.5) is 15.9 Å². The number of hydrogen-bond acceptors (Lipinski definition) is 8. The molecule has 1 atom stereocenters. The van der Waals surface area contributed by atoms with E-state index < -0.39 is 5.82 Å². The van der Waals surface area contributed by atoms with Crippen LogP contribution in [0.3, 0.4) is 0 Å². The summed E-state index contributed by atoms with van der Waals surface area (Å²) in [6.45, 7) is 4.93. The van der Waals surface area contributed by atoms with Gasteiger partial charge in [0.1, 0.15) is 24.2 Å². The highest BCUT2D eigenvalue weighted by atomic mass is 19.1. The molecule has 0 radical (unpaired) electrons. The van der Waals surface area contributed by atoms with Gasteiger partial charge < -0.3 is 19.5 Å². The largest absolute Gasteiger partial charge is 0.493 e. The van der Waals surface area contributed by atoms with Gasteiger partial charge in [0, 0.05) is 24.5 Å². The van der Waals surface area contributed by atoms with Crippen molar-refractivity contribution >= 4 is 22.4 Å². The molecule has 0 saturated carbocycles. The van der Waals surface area contributed by atoms with Crippen LogP contribution in [-0.2, 0) is 4.74 Å². The van der Waals surface area contributed by atoms with Gasteiger partial charge in [-0.15, -0.1) is 0 Å². The lowest BCUT2D eigenvalue weighted by molar-refractivity contribution is -0.0379. The molecular formula is C22H22FN5O3. The van der Waals surface area contributed by atoms with E-state index in [1.54, 1.807) is 19.2 Å². The van der Waals surface area contributed by atoms with Crippen molar-refractivity contribution < 1.29 is 18.6 Å². The smallest absolute Gasteiger partial charge is 0.165 e. The minimum Gasteiger partial charge on any atom is -0.493 e. The summed E-state index contributed by atoms with van der Waals surface area (Å²) in [5.74, 6) is 0.950. The minimum absolute atomic E-state index is 0.164. The first-order valence-corrected chi connectivity index (χ1v) is 9.87. The Bertz CT molecular complexity index is 1130. The number of benzene rings is 2. The first-order valence-electron chi connectivity index (χ1n) is 9.87. The van der Waals surface area contributed by atoms with Gasteiger partial charge in [0.2, 0.25) is 0 Å². The lowest BCUT2D eigenvalue weighted by Crippen LogP contribution is -2.44. The molecule has 1 aliphatic rings. The van der Waals surface area contributed by atoms with E-state index in [4.69, 9.17) is 19.5 Å². The molecule has 1 saturated heterocycles. The fourth-order valence-electron chi connectivity index (χ4n) is 3.43. The third-order valence-corrected chi connectivity index (χ3v) is 5.13. The third kappa shape index (κ3) is 4.50. The molecular weight excluding hydrogens is 401 g/mol. The quantitative estimate of drug-likeness (QED) is 0.645. The number of methoxy groups -OCH3 is 1. The van der Waals surface area contributed by atoms with E-state index in [9.17, 15) is 4.39 Å². The summed E-state index contributed by atoms with van der Waals surface area (Å²) >= 11 is 0. The Kier molecular flexibility index (Phi) is 6.11. The van der Waals surface area contributed by atoms with Crippen LogP contribution in [-0.4, -0.2) is 54.5 Å². The third-order valence-electron chi connectivity index (χ3n) is 5.13. The zero-order chi connectivity index (χ0) is 21.8. The van der Waals surface area contributed by atoms with Crippen LogP contribution >= 0.6 is 0 Å². The van der Waals surface area contributed by atoms with Gasteiger partial charge in [-0.05, 0) is 31.2 Å². The van der Waals surface area contributed by atoms with Gasteiger partial charge in [-0.25, -0.2) is 14.4 Å². The topological polar surface area (TPSA) is 92.5 Å². The molecule has 31 heavy (non-hydrogen) atoms. The zero-order valence-corrected chi connectivity index (χ0v) is 17.3. The van der Waals surface area contributed by atoms with E-state index in [-0.39, 0.29) is 17.5 Å². The molecule has 4 rings (SSSR count). The van der Waals surface area contributed by atoms with Crippen molar-refractivity contribution in [3.8, 4) is 17.6 Å². The molecule has 2 heterocycles. The fraction of sp³-hybridized carbons (Fsp3) is 0.318. The van der Waals surface area contributed by atoms with Crippen LogP contribution in [0, 0.1) is 17.1 Å². The molecule has 160 valence electrons. The Morgan fingerprint density at radius 1 is 1.19 bits per heavy atom. The van der Waals surface area contributed by atoms with Gasteiger partial charge in [0.25, 0.3) is 0 Å². The second kappa shape index (κ2) is 9.12. The Labute approximate surface area is 179 Å². The summed E-state index contributed by atoms with van der Waals surface area (Å²) in [6, 6.07) is 9.67. The Morgan fingerprint density at radius 3 is 2.71 bits per heavy atom. The maximum Gasteiger partial charge on any atom is 0.165 e. The van der Waals surface area contributed by atoms with Crippen molar-refractivity contribution in [3.05, 3.63) is 48.0 Å². The molecule has 0 aliphatic carbocycles. The van der Waals surface area contributed by atoms with Crippen LogP contribution in [0.15, 0.2) is 36.7 Å². The maximum atomic E-state index is 14.3. The second-order valence-corrected chi connectivity index (χ2v) is 7.04. The standard InChI is InChI=1S/C22H22FN5O3/c1-14(28-5-7-30-8-6-28)31-21-11-19-16(10-20(21)29-2)22(26-13-25-19)27-18-4-3-15(12-24)9-17(18)23/h3-4,9-11,13-14H,5-8H2,1-2H3,(H,25,26,27). The number of ether oxygens (including phenoxy) is 3. The molecule has 1 aromatic heterocycles. The van der Waals surface area contributed by atoms with Gasteiger partial charge in [-0.1, -0.05) is 0 Å². The summed E-state index contributed by atoms with van der Waals surface area (Å²) < 4.78 is 31.4. The molecule has 0 bridgehead atoms. The predicted octanol–water partition coefficient (Wildman–Crippen LogP) is 3.45. The number of nitriles is 1. The highest BCUT2D eigenvalue weighted by molar-refractivity contribution is 5.93. The molecule has 0 amide bonds. The average Bonchev–Trinajstić information content (AvgIpc) is 2.80. The Hall–Kier alpha value is -3.48. The van der Waals surface area contributed by atoms with E-state index in [1.165, 1.54) is 24.5 Å². The maximum absolute atomic E-state index is 14.3. The van der Waals surface area contributed by atoms with Gasteiger partial charge in [-0.3, -0.25) is 4.90 Å². The summed E-state index contributed by atoms with van der Waals surface area (Å²) in [6.07, 6.45) is 1.23. The molecule has 3 aromatic rings.